The molecule has 98 valence electrons. The summed E-state index contributed by atoms with van der Waals surface area (Å²) in [6.45, 7) is 0.735. The van der Waals surface area contributed by atoms with Gasteiger partial charge in [-0.2, -0.15) is 0 Å². The summed E-state index contributed by atoms with van der Waals surface area (Å²) in [5.74, 6) is 0.928. The number of benzene rings is 1. The summed E-state index contributed by atoms with van der Waals surface area (Å²) in [7, 11) is 3.07. The lowest BCUT2D eigenvalue weighted by atomic mass is 10.1. The minimum Gasteiger partial charge on any atom is -0.502 e. The average molecular weight is 249 g/mol. The molecule has 4 heteroatoms. The normalized spacial score (nSPS) is 15.0. The minimum atomic E-state index is 0.0475. The van der Waals surface area contributed by atoms with Crippen LogP contribution in [0, 0.1) is 0 Å². The monoisotopic (exact) mass is 249 g/mol. The molecule has 0 amide bonds. The molecule has 1 aliphatic carbocycles. The van der Waals surface area contributed by atoms with Crippen molar-refractivity contribution >= 4 is 0 Å². The highest BCUT2D eigenvalue weighted by Gasteiger charge is 2.13. The molecule has 1 aromatic carbocycles. The molecule has 0 aromatic heterocycles. The van der Waals surface area contributed by atoms with Gasteiger partial charge in [0, 0.05) is 12.6 Å². The van der Waals surface area contributed by atoms with Crippen molar-refractivity contribution in [1.82, 2.24) is 5.32 Å². The second-order valence-electron chi connectivity index (χ2n) is 4.37. The number of methoxy groups -OCH3 is 2. The fourth-order valence-electron chi connectivity index (χ4n) is 2.10. The van der Waals surface area contributed by atoms with E-state index in [1.807, 2.05) is 12.1 Å². The van der Waals surface area contributed by atoms with Crippen LogP contribution in [-0.4, -0.2) is 25.4 Å². The van der Waals surface area contributed by atoms with Crippen LogP contribution in [-0.2, 0) is 6.54 Å². The molecule has 1 aliphatic rings. The van der Waals surface area contributed by atoms with Gasteiger partial charge in [-0.1, -0.05) is 12.2 Å². The molecule has 0 bridgehead atoms. The Labute approximate surface area is 107 Å². The quantitative estimate of drug-likeness (QED) is 0.786. The predicted octanol–water partition coefficient (Wildman–Crippen LogP) is 2.22. The van der Waals surface area contributed by atoms with E-state index in [-0.39, 0.29) is 5.75 Å². The van der Waals surface area contributed by atoms with E-state index < -0.39 is 0 Å². The van der Waals surface area contributed by atoms with Gasteiger partial charge in [0.05, 0.1) is 14.2 Å². The fourth-order valence-corrected chi connectivity index (χ4v) is 2.10. The standard InChI is InChI=1S/C14H19NO3/c1-17-12-7-10(8-13(18-2)14(12)16)9-15-11-5-3-4-6-11/h3-4,7-8,11,15-16H,5-6,9H2,1-2H3. The molecule has 2 N–H and O–H groups in total. The summed E-state index contributed by atoms with van der Waals surface area (Å²) in [6, 6.07) is 4.16. The largest absolute Gasteiger partial charge is 0.502 e. The smallest absolute Gasteiger partial charge is 0.200 e. The number of phenols is 1. The van der Waals surface area contributed by atoms with Crippen molar-refractivity contribution in [2.24, 2.45) is 0 Å². The molecule has 0 fully saturated rings. The molecule has 18 heavy (non-hydrogen) atoms. The molecule has 0 radical (unpaired) electrons. The van der Waals surface area contributed by atoms with Gasteiger partial charge >= 0.3 is 0 Å². The van der Waals surface area contributed by atoms with Crippen LogP contribution in [0.5, 0.6) is 17.2 Å². The predicted molar refractivity (Wildman–Crippen MR) is 70.2 cm³/mol. The van der Waals surface area contributed by atoms with Crippen molar-refractivity contribution < 1.29 is 14.6 Å². The Balaban J connectivity index is 2.07. The number of phenolic OH excluding ortho intramolecular Hbond substituents is 1. The fraction of sp³-hybridized carbons (Fsp3) is 0.429. The number of nitrogens with one attached hydrogen (secondary N) is 1. The minimum absolute atomic E-state index is 0.0475. The van der Waals surface area contributed by atoms with E-state index in [1.165, 1.54) is 14.2 Å². The maximum Gasteiger partial charge on any atom is 0.200 e. The van der Waals surface area contributed by atoms with Gasteiger partial charge in [-0.15, -0.1) is 0 Å². The Hall–Kier alpha value is -1.68. The summed E-state index contributed by atoms with van der Waals surface area (Å²) >= 11 is 0. The van der Waals surface area contributed by atoms with E-state index in [9.17, 15) is 5.11 Å². The summed E-state index contributed by atoms with van der Waals surface area (Å²) in [4.78, 5) is 0. The first kappa shape index (κ1) is 12.8. The topological polar surface area (TPSA) is 50.7 Å². The highest BCUT2D eigenvalue weighted by molar-refractivity contribution is 5.52. The lowest BCUT2D eigenvalue weighted by Crippen LogP contribution is -2.25. The van der Waals surface area contributed by atoms with Gasteiger partial charge < -0.3 is 19.9 Å². The first-order valence-electron chi connectivity index (χ1n) is 6.07. The van der Waals surface area contributed by atoms with Gasteiger partial charge in [0.1, 0.15) is 0 Å². The van der Waals surface area contributed by atoms with Crippen molar-refractivity contribution in [3.8, 4) is 17.2 Å². The van der Waals surface area contributed by atoms with E-state index in [2.05, 4.69) is 17.5 Å². The Bertz CT molecular complexity index is 410. The van der Waals surface area contributed by atoms with E-state index >= 15 is 0 Å². The molecule has 1 aromatic rings. The van der Waals surface area contributed by atoms with Crippen LogP contribution in [0.15, 0.2) is 24.3 Å². The van der Waals surface area contributed by atoms with Gasteiger partial charge in [-0.05, 0) is 30.5 Å². The van der Waals surface area contributed by atoms with Gasteiger partial charge in [0.15, 0.2) is 11.5 Å². The van der Waals surface area contributed by atoms with Gasteiger partial charge in [0.25, 0.3) is 0 Å². The number of rotatable bonds is 5. The first-order valence-corrected chi connectivity index (χ1v) is 6.07. The third kappa shape index (κ3) is 2.76. The summed E-state index contributed by atoms with van der Waals surface area (Å²) < 4.78 is 10.3. The van der Waals surface area contributed by atoms with Crippen molar-refractivity contribution in [2.45, 2.75) is 25.4 Å². The van der Waals surface area contributed by atoms with Crippen LogP contribution in [0.25, 0.3) is 0 Å². The lowest BCUT2D eigenvalue weighted by Gasteiger charge is -2.14. The molecule has 4 nitrogen and oxygen atoms in total. The van der Waals surface area contributed by atoms with Crippen LogP contribution in [0.4, 0.5) is 0 Å². The Morgan fingerprint density at radius 3 is 2.22 bits per heavy atom. The zero-order valence-corrected chi connectivity index (χ0v) is 10.8. The number of hydrogen-bond acceptors (Lipinski definition) is 4. The first-order chi connectivity index (χ1) is 8.74. The van der Waals surface area contributed by atoms with Gasteiger partial charge in [-0.25, -0.2) is 0 Å². The van der Waals surface area contributed by atoms with Crippen molar-refractivity contribution in [1.29, 1.82) is 0 Å². The highest BCUT2D eigenvalue weighted by atomic mass is 16.5. The molecule has 0 saturated carbocycles. The van der Waals surface area contributed by atoms with E-state index in [1.54, 1.807) is 0 Å². The molecule has 0 atom stereocenters. The van der Waals surface area contributed by atoms with Crippen LogP contribution in [0.2, 0.25) is 0 Å². The zero-order chi connectivity index (χ0) is 13.0. The molecule has 0 unspecified atom stereocenters. The molecular formula is C14H19NO3. The lowest BCUT2D eigenvalue weighted by molar-refractivity contribution is 0.338. The number of aromatic hydroxyl groups is 1. The molecular weight excluding hydrogens is 230 g/mol. The van der Waals surface area contributed by atoms with E-state index in [0.29, 0.717) is 17.5 Å². The van der Waals surface area contributed by atoms with Crippen molar-refractivity contribution in [2.75, 3.05) is 14.2 Å². The van der Waals surface area contributed by atoms with Gasteiger partial charge in [0.2, 0.25) is 5.75 Å². The van der Waals surface area contributed by atoms with Crippen LogP contribution in [0.3, 0.4) is 0 Å². The van der Waals surface area contributed by atoms with Crippen molar-refractivity contribution in [3.05, 3.63) is 29.8 Å². The maximum absolute atomic E-state index is 9.81. The molecule has 0 saturated heterocycles. The third-order valence-electron chi connectivity index (χ3n) is 3.14. The van der Waals surface area contributed by atoms with Crippen LogP contribution in [0.1, 0.15) is 18.4 Å². The molecule has 0 heterocycles. The third-order valence-corrected chi connectivity index (χ3v) is 3.14. The molecule has 0 spiro atoms. The molecule has 0 aliphatic heterocycles. The average Bonchev–Trinajstić information content (AvgIpc) is 2.90. The Morgan fingerprint density at radius 2 is 1.72 bits per heavy atom. The Kier molecular flexibility index (Phi) is 4.10. The highest BCUT2D eigenvalue weighted by Crippen LogP contribution is 2.37. The molecule has 2 rings (SSSR count). The van der Waals surface area contributed by atoms with Gasteiger partial charge in [-0.3, -0.25) is 0 Å². The second-order valence-corrected chi connectivity index (χ2v) is 4.37. The zero-order valence-electron chi connectivity index (χ0n) is 10.8. The summed E-state index contributed by atoms with van der Waals surface area (Å²) in [5, 5.41) is 13.3. The van der Waals surface area contributed by atoms with E-state index in [0.717, 1.165) is 24.9 Å². The van der Waals surface area contributed by atoms with Crippen LogP contribution < -0.4 is 14.8 Å². The second kappa shape index (κ2) is 5.78. The van der Waals surface area contributed by atoms with Crippen LogP contribution >= 0.6 is 0 Å². The maximum atomic E-state index is 9.81. The SMILES string of the molecule is COc1cc(CNC2CC=CC2)cc(OC)c1O. The number of ether oxygens (including phenoxy) is 2. The van der Waals surface area contributed by atoms with Crippen molar-refractivity contribution in [3.63, 3.8) is 0 Å². The number of hydrogen-bond donors (Lipinski definition) is 2. The summed E-state index contributed by atoms with van der Waals surface area (Å²) in [6.07, 6.45) is 6.53. The Morgan fingerprint density at radius 1 is 1.17 bits per heavy atom. The van der Waals surface area contributed by atoms with E-state index in [4.69, 9.17) is 9.47 Å². The summed E-state index contributed by atoms with van der Waals surface area (Å²) in [5.41, 5.74) is 1.04.